The van der Waals surface area contributed by atoms with Crippen LogP contribution in [0.2, 0.25) is 0 Å². The van der Waals surface area contributed by atoms with Crippen molar-refractivity contribution in [2.45, 2.75) is 40.3 Å². The molecule has 4 rings (SSSR count). The molecule has 0 unspecified atom stereocenters. The van der Waals surface area contributed by atoms with Crippen LogP contribution in [-0.2, 0) is 13.1 Å². The van der Waals surface area contributed by atoms with Gasteiger partial charge in [0.25, 0.3) is 0 Å². The Labute approximate surface area is 159 Å². The van der Waals surface area contributed by atoms with Crippen LogP contribution in [0.15, 0.2) is 47.8 Å². The Balaban J connectivity index is 1.84. The minimum Gasteiger partial charge on any atom is -0.341 e. The average molecular weight is 363 g/mol. The van der Waals surface area contributed by atoms with E-state index in [0.717, 1.165) is 19.6 Å². The summed E-state index contributed by atoms with van der Waals surface area (Å²) in [5, 5.41) is 8.46. The van der Waals surface area contributed by atoms with Gasteiger partial charge < -0.3 is 9.88 Å². The zero-order chi connectivity index (χ0) is 18.1. The summed E-state index contributed by atoms with van der Waals surface area (Å²) in [4.78, 5) is 1.35. The van der Waals surface area contributed by atoms with Crippen LogP contribution in [0.4, 0.5) is 0 Å². The number of thiophene rings is 1. The number of aryl methyl sites for hydroxylation is 2. The third kappa shape index (κ3) is 3.06. The zero-order valence-electron chi connectivity index (χ0n) is 15.8. The first-order valence-corrected chi connectivity index (χ1v) is 10.4. The molecule has 4 aromatic rings. The molecule has 0 aliphatic carbocycles. The van der Waals surface area contributed by atoms with Crippen LogP contribution in [0.1, 0.15) is 31.4 Å². The van der Waals surface area contributed by atoms with E-state index in [1.54, 1.807) is 0 Å². The lowest BCUT2D eigenvalue weighted by Crippen LogP contribution is -2.13. The second-order valence-electron chi connectivity index (χ2n) is 6.99. The van der Waals surface area contributed by atoms with Crippen molar-refractivity contribution in [1.29, 1.82) is 0 Å². The predicted molar refractivity (Wildman–Crippen MR) is 115 cm³/mol. The van der Waals surface area contributed by atoms with Crippen LogP contribution in [0.3, 0.4) is 0 Å². The molecule has 1 N–H and O–H groups in total. The van der Waals surface area contributed by atoms with Crippen molar-refractivity contribution < 1.29 is 0 Å². The normalized spacial score (nSPS) is 11.7. The first-order valence-electron chi connectivity index (χ1n) is 9.52. The summed E-state index contributed by atoms with van der Waals surface area (Å²) in [6.45, 7) is 9.60. The Morgan fingerprint density at radius 2 is 1.85 bits per heavy atom. The van der Waals surface area contributed by atoms with Crippen LogP contribution in [0.5, 0.6) is 0 Å². The highest BCUT2D eigenvalue weighted by Gasteiger charge is 2.12. The third-order valence-corrected chi connectivity index (χ3v) is 6.11. The Hall–Kier alpha value is -2.10. The molecule has 0 aliphatic rings. The van der Waals surface area contributed by atoms with Gasteiger partial charge in [0.05, 0.1) is 0 Å². The van der Waals surface area contributed by atoms with Crippen LogP contribution < -0.4 is 5.32 Å². The van der Waals surface area contributed by atoms with E-state index in [1.165, 1.54) is 49.8 Å². The van der Waals surface area contributed by atoms with Crippen molar-refractivity contribution >= 4 is 33.1 Å². The molecule has 26 heavy (non-hydrogen) atoms. The van der Waals surface area contributed by atoms with Crippen LogP contribution in [0, 0.1) is 6.92 Å². The number of hydrogen-bond donors (Lipinski definition) is 1. The van der Waals surface area contributed by atoms with Crippen molar-refractivity contribution in [3.8, 4) is 10.4 Å². The number of nitrogens with zero attached hydrogens (tertiary/aromatic N) is 1. The monoisotopic (exact) mass is 362 g/mol. The molecule has 2 nitrogen and oxygen atoms in total. The molecule has 0 radical (unpaired) electrons. The summed E-state index contributed by atoms with van der Waals surface area (Å²) in [5.41, 5.74) is 6.69. The van der Waals surface area contributed by atoms with E-state index in [9.17, 15) is 0 Å². The van der Waals surface area contributed by atoms with Gasteiger partial charge in [0.1, 0.15) is 0 Å². The summed E-state index contributed by atoms with van der Waals surface area (Å²) in [6, 6.07) is 16.1. The molecule has 0 spiro atoms. The maximum Gasteiger partial charge on any atom is 0.0497 e. The maximum absolute atomic E-state index is 3.51. The minimum atomic E-state index is 0.940. The van der Waals surface area contributed by atoms with E-state index in [1.807, 2.05) is 11.3 Å². The predicted octanol–water partition coefficient (Wildman–Crippen LogP) is 6.35. The summed E-state index contributed by atoms with van der Waals surface area (Å²) < 4.78 is 2.44. The standard InChI is InChI=1S/C23H26N2S/c1-4-10-24-14-17-6-9-21-20(12-17)19-8-7-18(13-22(19)25(21)5-2)23-11-16(3)15-26-23/h6-9,11-13,15,24H,4-5,10,14H2,1-3H3. The zero-order valence-corrected chi connectivity index (χ0v) is 16.6. The summed E-state index contributed by atoms with van der Waals surface area (Å²) in [7, 11) is 0. The van der Waals surface area contributed by atoms with Crippen molar-refractivity contribution in [2.24, 2.45) is 0 Å². The molecule has 3 heteroatoms. The lowest BCUT2D eigenvalue weighted by molar-refractivity contribution is 0.676. The van der Waals surface area contributed by atoms with Crippen molar-refractivity contribution in [3.05, 3.63) is 59.0 Å². The van der Waals surface area contributed by atoms with Gasteiger partial charge in [0.15, 0.2) is 0 Å². The highest BCUT2D eigenvalue weighted by Crippen LogP contribution is 2.34. The largest absolute Gasteiger partial charge is 0.341 e. The van der Waals surface area contributed by atoms with E-state index in [0.29, 0.717) is 0 Å². The molecule has 0 aliphatic heterocycles. The van der Waals surface area contributed by atoms with Crippen molar-refractivity contribution in [2.75, 3.05) is 6.54 Å². The molecule has 0 amide bonds. The molecule has 2 aromatic carbocycles. The van der Waals surface area contributed by atoms with Gasteiger partial charge in [0, 0.05) is 39.8 Å². The molecule has 0 saturated carbocycles. The van der Waals surface area contributed by atoms with E-state index in [4.69, 9.17) is 0 Å². The summed E-state index contributed by atoms with van der Waals surface area (Å²) >= 11 is 1.83. The minimum absolute atomic E-state index is 0.940. The van der Waals surface area contributed by atoms with Gasteiger partial charge in [-0.25, -0.2) is 0 Å². The first-order chi connectivity index (χ1) is 12.7. The number of aromatic nitrogens is 1. The number of fused-ring (bicyclic) bond motifs is 3. The molecule has 2 heterocycles. The molecule has 0 atom stereocenters. The van der Waals surface area contributed by atoms with Gasteiger partial charge in [-0.3, -0.25) is 0 Å². The SMILES string of the molecule is CCCNCc1ccc2c(c1)c1ccc(-c3cc(C)cs3)cc1n2CC. The molecule has 0 saturated heterocycles. The molecular weight excluding hydrogens is 336 g/mol. The van der Waals surface area contributed by atoms with Gasteiger partial charge in [0.2, 0.25) is 0 Å². The second kappa shape index (κ2) is 7.26. The van der Waals surface area contributed by atoms with Gasteiger partial charge in [-0.1, -0.05) is 25.1 Å². The van der Waals surface area contributed by atoms with E-state index in [2.05, 4.69) is 78.5 Å². The lowest BCUT2D eigenvalue weighted by atomic mass is 10.1. The molecular formula is C23H26N2S. The fourth-order valence-corrected chi connectivity index (χ4v) is 4.64. The van der Waals surface area contributed by atoms with Crippen molar-refractivity contribution in [3.63, 3.8) is 0 Å². The van der Waals surface area contributed by atoms with Crippen LogP contribution in [0.25, 0.3) is 32.2 Å². The first kappa shape index (κ1) is 17.3. The van der Waals surface area contributed by atoms with Crippen molar-refractivity contribution in [1.82, 2.24) is 9.88 Å². The van der Waals surface area contributed by atoms with Gasteiger partial charge in [-0.2, -0.15) is 0 Å². The molecule has 0 bridgehead atoms. The van der Waals surface area contributed by atoms with Gasteiger partial charge in [-0.15, -0.1) is 11.3 Å². The van der Waals surface area contributed by atoms with E-state index in [-0.39, 0.29) is 0 Å². The Morgan fingerprint density at radius 1 is 0.962 bits per heavy atom. The van der Waals surface area contributed by atoms with Gasteiger partial charge >= 0.3 is 0 Å². The number of hydrogen-bond acceptors (Lipinski definition) is 2. The Bertz CT molecular complexity index is 1050. The van der Waals surface area contributed by atoms with E-state index >= 15 is 0 Å². The summed E-state index contributed by atoms with van der Waals surface area (Å²) in [5.74, 6) is 0. The maximum atomic E-state index is 3.51. The quantitative estimate of drug-likeness (QED) is 0.395. The molecule has 0 fully saturated rings. The fraction of sp³-hybridized carbons (Fsp3) is 0.304. The number of benzene rings is 2. The lowest BCUT2D eigenvalue weighted by Gasteiger charge is -2.06. The smallest absolute Gasteiger partial charge is 0.0497 e. The van der Waals surface area contributed by atoms with E-state index < -0.39 is 0 Å². The Morgan fingerprint density at radius 3 is 2.58 bits per heavy atom. The highest BCUT2D eigenvalue weighted by molar-refractivity contribution is 7.13. The highest BCUT2D eigenvalue weighted by atomic mass is 32.1. The third-order valence-electron chi connectivity index (χ3n) is 5.02. The molecule has 134 valence electrons. The number of rotatable bonds is 6. The Kier molecular flexibility index (Phi) is 4.84. The average Bonchev–Trinajstić information content (AvgIpc) is 3.22. The topological polar surface area (TPSA) is 17.0 Å². The second-order valence-corrected chi connectivity index (χ2v) is 7.90. The number of nitrogens with one attached hydrogen (secondary N) is 1. The van der Waals surface area contributed by atoms with Gasteiger partial charge in [-0.05, 0) is 73.1 Å². The summed E-state index contributed by atoms with van der Waals surface area (Å²) in [6.07, 6.45) is 1.17. The fourth-order valence-electron chi connectivity index (χ4n) is 3.74. The van der Waals surface area contributed by atoms with Crippen LogP contribution >= 0.6 is 11.3 Å². The van der Waals surface area contributed by atoms with Crippen LogP contribution in [-0.4, -0.2) is 11.1 Å². The molecule has 2 aromatic heterocycles.